The van der Waals surface area contributed by atoms with E-state index < -0.39 is 0 Å². The van der Waals surface area contributed by atoms with Crippen molar-refractivity contribution in [1.82, 2.24) is 24.7 Å². The lowest BCUT2D eigenvalue weighted by Crippen LogP contribution is -2.52. The zero-order chi connectivity index (χ0) is 16.9. The number of piperidine rings is 1. The maximum atomic E-state index is 12.7. The van der Waals surface area contributed by atoms with E-state index >= 15 is 0 Å². The molecule has 24 heavy (non-hydrogen) atoms. The summed E-state index contributed by atoms with van der Waals surface area (Å²) in [7, 11) is 0. The molecule has 0 radical (unpaired) electrons. The first-order chi connectivity index (χ1) is 11.6. The molecular weight excluding hydrogens is 302 g/mol. The normalized spacial score (nSPS) is 23.6. The quantitative estimate of drug-likeness (QED) is 0.830. The Morgan fingerprint density at radius 1 is 1.25 bits per heavy atom. The van der Waals surface area contributed by atoms with E-state index in [0.717, 1.165) is 57.8 Å². The minimum atomic E-state index is 0.270. The van der Waals surface area contributed by atoms with Crippen molar-refractivity contribution in [2.45, 2.75) is 38.6 Å². The molecule has 6 heteroatoms. The molecule has 132 valence electrons. The number of aromatic nitrogens is 2. The Morgan fingerprint density at radius 2 is 2.04 bits per heavy atom. The smallest absolute Gasteiger partial charge is 0.236 e. The van der Waals surface area contributed by atoms with Crippen molar-refractivity contribution in [3.8, 4) is 0 Å². The van der Waals surface area contributed by atoms with Gasteiger partial charge >= 0.3 is 0 Å². The SMILES string of the molecule is CC(C)N1CCN(CC(=O)N2CCCC(c3ccncn3)C2)CC1. The lowest BCUT2D eigenvalue weighted by atomic mass is 9.94. The highest BCUT2D eigenvalue weighted by atomic mass is 16.2. The molecule has 0 N–H and O–H groups in total. The van der Waals surface area contributed by atoms with E-state index in [2.05, 4.69) is 33.6 Å². The van der Waals surface area contributed by atoms with Gasteiger partial charge in [0.2, 0.25) is 5.91 Å². The maximum Gasteiger partial charge on any atom is 0.236 e. The van der Waals surface area contributed by atoms with Gasteiger partial charge in [0.15, 0.2) is 0 Å². The fourth-order valence-corrected chi connectivity index (χ4v) is 3.72. The third-order valence-electron chi connectivity index (χ3n) is 5.29. The molecule has 1 amide bonds. The summed E-state index contributed by atoms with van der Waals surface area (Å²) in [4.78, 5) is 27.9. The van der Waals surface area contributed by atoms with Crippen LogP contribution in [0.2, 0.25) is 0 Å². The number of carbonyl (C=O) groups is 1. The zero-order valence-corrected chi connectivity index (χ0v) is 14.9. The Labute approximate surface area is 144 Å². The summed E-state index contributed by atoms with van der Waals surface area (Å²) < 4.78 is 0. The minimum Gasteiger partial charge on any atom is -0.341 e. The molecule has 0 saturated carbocycles. The summed E-state index contributed by atoms with van der Waals surface area (Å²) >= 11 is 0. The second-order valence-electron chi connectivity index (χ2n) is 7.22. The number of hydrogen-bond acceptors (Lipinski definition) is 5. The van der Waals surface area contributed by atoms with Gasteiger partial charge in [0, 0.05) is 63.1 Å². The van der Waals surface area contributed by atoms with Crippen LogP contribution < -0.4 is 0 Å². The van der Waals surface area contributed by atoms with Crippen molar-refractivity contribution in [1.29, 1.82) is 0 Å². The number of nitrogens with zero attached hydrogens (tertiary/aromatic N) is 5. The maximum absolute atomic E-state index is 12.7. The molecule has 6 nitrogen and oxygen atoms in total. The highest BCUT2D eigenvalue weighted by Gasteiger charge is 2.27. The largest absolute Gasteiger partial charge is 0.341 e. The number of hydrogen-bond donors (Lipinski definition) is 0. The number of amides is 1. The summed E-state index contributed by atoms with van der Waals surface area (Å²) in [5.41, 5.74) is 1.06. The Balaban J connectivity index is 1.50. The van der Waals surface area contributed by atoms with Gasteiger partial charge in [0.25, 0.3) is 0 Å². The second-order valence-corrected chi connectivity index (χ2v) is 7.22. The lowest BCUT2D eigenvalue weighted by molar-refractivity contribution is -0.134. The summed E-state index contributed by atoms with van der Waals surface area (Å²) in [6, 6.07) is 2.57. The van der Waals surface area contributed by atoms with Crippen molar-refractivity contribution in [3.63, 3.8) is 0 Å². The Hall–Kier alpha value is -1.53. The van der Waals surface area contributed by atoms with Crippen LogP contribution in [0.3, 0.4) is 0 Å². The topological polar surface area (TPSA) is 52.6 Å². The predicted molar refractivity (Wildman–Crippen MR) is 93.7 cm³/mol. The lowest BCUT2D eigenvalue weighted by Gasteiger charge is -2.38. The summed E-state index contributed by atoms with van der Waals surface area (Å²) in [5, 5.41) is 0. The third-order valence-corrected chi connectivity index (χ3v) is 5.29. The van der Waals surface area contributed by atoms with E-state index in [0.29, 0.717) is 18.5 Å². The van der Waals surface area contributed by atoms with E-state index in [1.165, 1.54) is 0 Å². The Bertz CT molecular complexity index is 527. The van der Waals surface area contributed by atoms with Crippen LogP contribution in [0.5, 0.6) is 0 Å². The predicted octanol–water partition coefficient (Wildman–Crippen LogP) is 1.21. The fourth-order valence-electron chi connectivity index (χ4n) is 3.72. The molecule has 1 aromatic heterocycles. The van der Waals surface area contributed by atoms with Gasteiger partial charge < -0.3 is 4.90 Å². The average molecular weight is 331 g/mol. The van der Waals surface area contributed by atoms with E-state index in [4.69, 9.17) is 0 Å². The van der Waals surface area contributed by atoms with Crippen LogP contribution in [0, 0.1) is 0 Å². The molecule has 3 rings (SSSR count). The first-order valence-corrected chi connectivity index (χ1v) is 9.13. The molecule has 2 fully saturated rings. The van der Waals surface area contributed by atoms with Crippen molar-refractivity contribution < 1.29 is 4.79 Å². The van der Waals surface area contributed by atoms with Gasteiger partial charge in [-0.3, -0.25) is 14.6 Å². The monoisotopic (exact) mass is 331 g/mol. The molecule has 2 aliphatic rings. The molecule has 0 aromatic carbocycles. The van der Waals surface area contributed by atoms with Gasteiger partial charge in [-0.25, -0.2) is 9.97 Å². The van der Waals surface area contributed by atoms with Gasteiger partial charge in [-0.15, -0.1) is 0 Å². The van der Waals surface area contributed by atoms with Crippen molar-refractivity contribution in [3.05, 3.63) is 24.3 Å². The van der Waals surface area contributed by atoms with Gasteiger partial charge in [-0.05, 0) is 32.8 Å². The summed E-state index contributed by atoms with van der Waals surface area (Å²) in [6.07, 6.45) is 5.55. The number of piperazine rings is 1. The number of likely N-dealkylation sites (tertiary alicyclic amines) is 1. The van der Waals surface area contributed by atoms with Crippen LogP contribution in [0.15, 0.2) is 18.6 Å². The minimum absolute atomic E-state index is 0.270. The van der Waals surface area contributed by atoms with E-state index in [9.17, 15) is 4.79 Å². The third kappa shape index (κ3) is 4.30. The van der Waals surface area contributed by atoms with E-state index in [1.807, 2.05) is 11.0 Å². The molecular formula is C18H29N5O. The Morgan fingerprint density at radius 3 is 2.71 bits per heavy atom. The van der Waals surface area contributed by atoms with E-state index in [-0.39, 0.29) is 5.91 Å². The van der Waals surface area contributed by atoms with Gasteiger partial charge in [-0.2, -0.15) is 0 Å². The average Bonchev–Trinajstić information content (AvgIpc) is 2.63. The van der Waals surface area contributed by atoms with Crippen LogP contribution in [0.4, 0.5) is 0 Å². The first kappa shape index (κ1) is 17.3. The van der Waals surface area contributed by atoms with Gasteiger partial charge in [0.05, 0.1) is 6.54 Å². The number of rotatable bonds is 4. The molecule has 1 unspecified atom stereocenters. The molecule has 1 aromatic rings. The molecule has 2 aliphatic heterocycles. The van der Waals surface area contributed by atoms with Gasteiger partial charge in [-0.1, -0.05) is 0 Å². The molecule has 0 bridgehead atoms. The summed E-state index contributed by atoms with van der Waals surface area (Å²) in [6.45, 7) is 10.8. The highest BCUT2D eigenvalue weighted by Crippen LogP contribution is 2.25. The second kappa shape index (κ2) is 8.03. The molecule has 3 heterocycles. The number of carbonyl (C=O) groups excluding carboxylic acids is 1. The molecule has 0 aliphatic carbocycles. The van der Waals surface area contributed by atoms with Crippen LogP contribution in [0.25, 0.3) is 0 Å². The van der Waals surface area contributed by atoms with Gasteiger partial charge in [0.1, 0.15) is 6.33 Å². The van der Waals surface area contributed by atoms with Crippen molar-refractivity contribution in [2.24, 2.45) is 0 Å². The summed E-state index contributed by atoms with van der Waals surface area (Å²) in [5.74, 6) is 0.621. The molecule has 1 atom stereocenters. The first-order valence-electron chi connectivity index (χ1n) is 9.13. The molecule has 0 spiro atoms. The van der Waals surface area contributed by atoms with Crippen LogP contribution in [-0.4, -0.2) is 82.4 Å². The van der Waals surface area contributed by atoms with Crippen LogP contribution >= 0.6 is 0 Å². The molecule has 2 saturated heterocycles. The fraction of sp³-hybridized carbons (Fsp3) is 0.722. The van der Waals surface area contributed by atoms with E-state index in [1.54, 1.807) is 12.5 Å². The van der Waals surface area contributed by atoms with Crippen LogP contribution in [0.1, 0.15) is 38.3 Å². The van der Waals surface area contributed by atoms with Crippen molar-refractivity contribution in [2.75, 3.05) is 45.8 Å². The standard InChI is InChI=1S/C18H29N5O/c1-15(2)22-10-8-21(9-11-22)13-18(24)23-7-3-4-16(12-23)17-5-6-19-14-20-17/h5-6,14-16H,3-4,7-13H2,1-2H3. The Kier molecular flexibility index (Phi) is 5.79. The van der Waals surface area contributed by atoms with Crippen molar-refractivity contribution >= 4 is 5.91 Å². The zero-order valence-electron chi connectivity index (χ0n) is 14.9. The van der Waals surface area contributed by atoms with Crippen LogP contribution in [-0.2, 0) is 4.79 Å². The highest BCUT2D eigenvalue weighted by molar-refractivity contribution is 5.78.